The first kappa shape index (κ1) is 15.4. The molecule has 0 heterocycles. The Morgan fingerprint density at radius 2 is 2.14 bits per heavy atom. The molecular formula is C15H20N2O4. The molecule has 0 spiro atoms. The van der Waals surface area contributed by atoms with Crippen molar-refractivity contribution in [1.29, 1.82) is 0 Å². The lowest BCUT2D eigenvalue weighted by molar-refractivity contribution is -0.384. The van der Waals surface area contributed by atoms with Crippen LogP contribution in [0.3, 0.4) is 0 Å². The second-order valence-corrected chi connectivity index (χ2v) is 5.35. The number of benzene rings is 1. The van der Waals surface area contributed by atoms with Crippen molar-refractivity contribution in [3.8, 4) is 0 Å². The molecule has 0 aliphatic heterocycles. The van der Waals surface area contributed by atoms with Crippen molar-refractivity contribution < 1.29 is 14.5 Å². The molecule has 1 aliphatic rings. The fourth-order valence-corrected chi connectivity index (χ4v) is 2.82. The van der Waals surface area contributed by atoms with E-state index in [1.165, 1.54) is 13.2 Å². The highest BCUT2D eigenvalue weighted by Gasteiger charge is 2.25. The third kappa shape index (κ3) is 4.26. The molecule has 2 rings (SSSR count). The van der Waals surface area contributed by atoms with E-state index >= 15 is 0 Å². The first-order valence-corrected chi connectivity index (χ1v) is 7.14. The summed E-state index contributed by atoms with van der Waals surface area (Å²) in [6.07, 6.45) is 4.45. The lowest BCUT2D eigenvalue weighted by Gasteiger charge is -2.27. The van der Waals surface area contributed by atoms with Crippen molar-refractivity contribution >= 4 is 11.7 Å². The number of hydrogen-bond acceptors (Lipinski definition) is 5. The minimum atomic E-state index is -0.399. The zero-order valence-corrected chi connectivity index (χ0v) is 12.2. The minimum absolute atomic E-state index is 0.0805. The van der Waals surface area contributed by atoms with Gasteiger partial charge in [-0.15, -0.1) is 0 Å². The van der Waals surface area contributed by atoms with Crippen LogP contribution >= 0.6 is 0 Å². The van der Waals surface area contributed by atoms with Gasteiger partial charge in [-0.2, -0.15) is 0 Å². The van der Waals surface area contributed by atoms with Crippen LogP contribution in [-0.4, -0.2) is 35.5 Å². The van der Waals surface area contributed by atoms with Crippen molar-refractivity contribution in [2.75, 3.05) is 13.7 Å². The maximum atomic E-state index is 11.6. The molecule has 114 valence electrons. The van der Waals surface area contributed by atoms with Gasteiger partial charge in [0, 0.05) is 24.7 Å². The van der Waals surface area contributed by atoms with Crippen LogP contribution in [0.25, 0.3) is 0 Å². The summed E-state index contributed by atoms with van der Waals surface area (Å²) in [4.78, 5) is 24.1. The van der Waals surface area contributed by atoms with Crippen molar-refractivity contribution in [3.63, 3.8) is 0 Å². The molecule has 1 fully saturated rings. The molecule has 6 heteroatoms. The van der Waals surface area contributed by atoms with Crippen LogP contribution in [0.1, 0.15) is 31.2 Å². The predicted molar refractivity (Wildman–Crippen MR) is 77.8 cm³/mol. The molecule has 6 nitrogen and oxygen atoms in total. The Morgan fingerprint density at radius 1 is 1.43 bits per heavy atom. The largest absolute Gasteiger partial charge is 0.468 e. The van der Waals surface area contributed by atoms with E-state index in [0.29, 0.717) is 12.6 Å². The molecule has 0 bridgehead atoms. The van der Waals surface area contributed by atoms with E-state index in [4.69, 9.17) is 4.74 Å². The molecule has 0 N–H and O–H groups in total. The van der Waals surface area contributed by atoms with Gasteiger partial charge in [-0.1, -0.05) is 25.0 Å². The minimum Gasteiger partial charge on any atom is -0.468 e. The summed E-state index contributed by atoms with van der Waals surface area (Å²) < 4.78 is 4.75. The summed E-state index contributed by atoms with van der Waals surface area (Å²) in [5.74, 6) is -0.271. The average Bonchev–Trinajstić information content (AvgIpc) is 3.01. The maximum Gasteiger partial charge on any atom is 0.319 e. The predicted octanol–water partition coefficient (Wildman–Crippen LogP) is 2.51. The van der Waals surface area contributed by atoms with Crippen LogP contribution in [0.4, 0.5) is 5.69 Å². The molecule has 1 aromatic rings. The number of non-ortho nitro benzene ring substituents is 1. The van der Waals surface area contributed by atoms with Gasteiger partial charge in [-0.3, -0.25) is 19.8 Å². The lowest BCUT2D eigenvalue weighted by Crippen LogP contribution is -2.37. The van der Waals surface area contributed by atoms with Gasteiger partial charge in [-0.05, 0) is 18.4 Å². The Balaban J connectivity index is 2.11. The standard InChI is InChI=1S/C15H20N2O4/c1-21-15(18)11-16(13-6-2-3-7-13)10-12-5-4-8-14(9-12)17(19)20/h4-5,8-9,13H,2-3,6-7,10-11H2,1H3. The van der Waals surface area contributed by atoms with Gasteiger partial charge in [0.05, 0.1) is 18.6 Å². The summed E-state index contributed by atoms with van der Waals surface area (Å²) in [5.41, 5.74) is 0.928. The summed E-state index contributed by atoms with van der Waals surface area (Å²) in [6, 6.07) is 6.93. The maximum absolute atomic E-state index is 11.6. The molecular weight excluding hydrogens is 272 g/mol. The van der Waals surface area contributed by atoms with Crippen LogP contribution in [0.2, 0.25) is 0 Å². The molecule has 0 aromatic heterocycles. The van der Waals surface area contributed by atoms with Gasteiger partial charge < -0.3 is 4.74 Å². The summed E-state index contributed by atoms with van der Waals surface area (Å²) in [6.45, 7) is 0.755. The second-order valence-electron chi connectivity index (χ2n) is 5.35. The summed E-state index contributed by atoms with van der Waals surface area (Å²) in [5, 5.41) is 10.8. The molecule has 1 aromatic carbocycles. The fraction of sp³-hybridized carbons (Fsp3) is 0.533. The number of carbonyl (C=O) groups is 1. The normalized spacial score (nSPS) is 15.3. The number of methoxy groups -OCH3 is 1. The van der Waals surface area contributed by atoms with Gasteiger partial charge in [0.15, 0.2) is 0 Å². The van der Waals surface area contributed by atoms with E-state index < -0.39 is 4.92 Å². The average molecular weight is 292 g/mol. The van der Waals surface area contributed by atoms with E-state index in [9.17, 15) is 14.9 Å². The first-order chi connectivity index (χ1) is 10.1. The van der Waals surface area contributed by atoms with Crippen LogP contribution in [0, 0.1) is 10.1 Å². The Morgan fingerprint density at radius 3 is 2.76 bits per heavy atom. The van der Waals surface area contributed by atoms with E-state index in [-0.39, 0.29) is 18.2 Å². The first-order valence-electron chi connectivity index (χ1n) is 7.14. The molecule has 0 radical (unpaired) electrons. The Kier molecular flexibility index (Phi) is 5.27. The van der Waals surface area contributed by atoms with Crippen molar-refractivity contribution in [2.45, 2.75) is 38.3 Å². The van der Waals surface area contributed by atoms with Crippen LogP contribution in [-0.2, 0) is 16.1 Å². The number of nitro benzene ring substituents is 1. The highest BCUT2D eigenvalue weighted by Crippen LogP contribution is 2.25. The molecule has 0 amide bonds. The number of ether oxygens (including phenoxy) is 1. The smallest absolute Gasteiger partial charge is 0.319 e. The van der Waals surface area contributed by atoms with Crippen LogP contribution in [0.5, 0.6) is 0 Å². The van der Waals surface area contributed by atoms with E-state index in [0.717, 1.165) is 31.2 Å². The van der Waals surface area contributed by atoms with E-state index in [1.54, 1.807) is 12.1 Å². The fourth-order valence-electron chi connectivity index (χ4n) is 2.82. The molecule has 1 saturated carbocycles. The second kappa shape index (κ2) is 7.17. The van der Waals surface area contributed by atoms with Gasteiger partial charge in [0.2, 0.25) is 0 Å². The van der Waals surface area contributed by atoms with Crippen molar-refractivity contribution in [3.05, 3.63) is 39.9 Å². The third-order valence-electron chi connectivity index (χ3n) is 3.91. The van der Waals surface area contributed by atoms with Crippen molar-refractivity contribution in [2.24, 2.45) is 0 Å². The third-order valence-corrected chi connectivity index (χ3v) is 3.91. The lowest BCUT2D eigenvalue weighted by atomic mass is 10.1. The van der Waals surface area contributed by atoms with E-state index in [2.05, 4.69) is 4.90 Å². The van der Waals surface area contributed by atoms with Crippen LogP contribution < -0.4 is 0 Å². The number of hydrogen-bond donors (Lipinski definition) is 0. The Hall–Kier alpha value is -1.95. The zero-order chi connectivity index (χ0) is 15.2. The number of carbonyl (C=O) groups excluding carboxylic acids is 1. The molecule has 1 aliphatic carbocycles. The highest BCUT2D eigenvalue weighted by molar-refractivity contribution is 5.71. The zero-order valence-electron chi connectivity index (χ0n) is 12.2. The SMILES string of the molecule is COC(=O)CN(Cc1cccc([N+](=O)[O-])c1)C1CCCC1. The number of rotatable bonds is 6. The number of esters is 1. The molecule has 0 atom stereocenters. The Bertz CT molecular complexity index is 512. The molecule has 0 saturated heterocycles. The topological polar surface area (TPSA) is 72.7 Å². The quantitative estimate of drug-likeness (QED) is 0.457. The monoisotopic (exact) mass is 292 g/mol. The van der Waals surface area contributed by atoms with Gasteiger partial charge in [0.1, 0.15) is 0 Å². The number of nitro groups is 1. The Labute approximate surface area is 123 Å². The van der Waals surface area contributed by atoms with Crippen molar-refractivity contribution in [1.82, 2.24) is 4.90 Å². The highest BCUT2D eigenvalue weighted by atomic mass is 16.6. The molecule has 0 unspecified atom stereocenters. The van der Waals surface area contributed by atoms with Gasteiger partial charge >= 0.3 is 5.97 Å². The van der Waals surface area contributed by atoms with E-state index in [1.807, 2.05) is 6.07 Å². The van der Waals surface area contributed by atoms with Gasteiger partial charge in [0.25, 0.3) is 5.69 Å². The van der Waals surface area contributed by atoms with Crippen LogP contribution in [0.15, 0.2) is 24.3 Å². The number of nitrogens with zero attached hydrogens (tertiary/aromatic N) is 2. The summed E-state index contributed by atoms with van der Waals surface area (Å²) in [7, 11) is 1.38. The summed E-state index contributed by atoms with van der Waals surface area (Å²) >= 11 is 0. The molecule has 21 heavy (non-hydrogen) atoms. The van der Waals surface area contributed by atoms with Gasteiger partial charge in [-0.25, -0.2) is 0 Å².